The number of aliphatic hydroxyl groups excluding tert-OH is 1. The first kappa shape index (κ1) is 15.0. The molecule has 0 aliphatic heterocycles. The van der Waals surface area contributed by atoms with Gasteiger partial charge in [0.1, 0.15) is 0 Å². The standard InChI is InChI=1S/C11H14BrClO3S/c1-7(14)8(2)17(15,16)6-9-3-4-10(12)5-11(9)13/h3-5,7-8,14H,6H2,1-2H3/t7-,8+/m1/s1. The van der Waals surface area contributed by atoms with E-state index in [0.29, 0.717) is 10.6 Å². The van der Waals surface area contributed by atoms with Gasteiger partial charge in [0, 0.05) is 9.50 Å². The SMILES string of the molecule is C[C@@H](O)[C@H](C)S(=O)(=O)Cc1ccc(Br)cc1Cl. The molecule has 0 aromatic heterocycles. The fourth-order valence-corrected chi connectivity index (χ4v) is 3.65. The molecule has 0 heterocycles. The lowest BCUT2D eigenvalue weighted by molar-refractivity contribution is 0.193. The van der Waals surface area contributed by atoms with Crippen molar-refractivity contribution in [1.29, 1.82) is 0 Å². The summed E-state index contributed by atoms with van der Waals surface area (Å²) in [6.07, 6.45) is -0.894. The van der Waals surface area contributed by atoms with E-state index in [0.717, 1.165) is 4.47 Å². The van der Waals surface area contributed by atoms with Gasteiger partial charge < -0.3 is 5.11 Å². The summed E-state index contributed by atoms with van der Waals surface area (Å²) in [5, 5.41) is 8.93. The van der Waals surface area contributed by atoms with E-state index in [-0.39, 0.29) is 5.75 Å². The van der Waals surface area contributed by atoms with Crippen LogP contribution in [0.2, 0.25) is 5.02 Å². The van der Waals surface area contributed by atoms with Crippen LogP contribution < -0.4 is 0 Å². The van der Waals surface area contributed by atoms with Crippen LogP contribution >= 0.6 is 27.5 Å². The summed E-state index contributed by atoms with van der Waals surface area (Å²) in [6, 6.07) is 5.06. The minimum atomic E-state index is -3.40. The van der Waals surface area contributed by atoms with E-state index in [2.05, 4.69) is 15.9 Å². The Balaban J connectivity index is 2.98. The molecule has 0 fully saturated rings. The lowest BCUT2D eigenvalue weighted by Crippen LogP contribution is -2.30. The van der Waals surface area contributed by atoms with Crippen LogP contribution in [0.25, 0.3) is 0 Å². The third-order valence-corrected chi connectivity index (χ3v) is 5.70. The second-order valence-electron chi connectivity index (χ2n) is 3.99. The van der Waals surface area contributed by atoms with Crippen LogP contribution in [-0.2, 0) is 15.6 Å². The van der Waals surface area contributed by atoms with Crippen LogP contribution in [0.15, 0.2) is 22.7 Å². The van der Waals surface area contributed by atoms with Crippen molar-refractivity contribution >= 4 is 37.4 Å². The number of hydrogen-bond donors (Lipinski definition) is 1. The molecule has 6 heteroatoms. The molecule has 0 aliphatic rings. The fourth-order valence-electron chi connectivity index (χ4n) is 1.29. The highest BCUT2D eigenvalue weighted by Crippen LogP contribution is 2.24. The van der Waals surface area contributed by atoms with E-state index in [4.69, 9.17) is 11.6 Å². The molecule has 0 amide bonds. The van der Waals surface area contributed by atoms with E-state index >= 15 is 0 Å². The van der Waals surface area contributed by atoms with Crippen molar-refractivity contribution in [2.75, 3.05) is 0 Å². The Hall–Kier alpha value is -0.100. The maximum absolute atomic E-state index is 11.9. The van der Waals surface area contributed by atoms with Gasteiger partial charge in [-0.25, -0.2) is 8.42 Å². The van der Waals surface area contributed by atoms with Gasteiger partial charge in [-0.3, -0.25) is 0 Å². The van der Waals surface area contributed by atoms with Gasteiger partial charge >= 0.3 is 0 Å². The second kappa shape index (κ2) is 5.69. The van der Waals surface area contributed by atoms with Gasteiger partial charge in [-0.1, -0.05) is 33.6 Å². The smallest absolute Gasteiger partial charge is 0.159 e. The van der Waals surface area contributed by atoms with Crippen molar-refractivity contribution in [3.8, 4) is 0 Å². The maximum Gasteiger partial charge on any atom is 0.159 e. The number of halogens is 2. The van der Waals surface area contributed by atoms with E-state index in [9.17, 15) is 13.5 Å². The molecule has 0 saturated heterocycles. The molecule has 0 aliphatic carbocycles. The summed E-state index contributed by atoms with van der Waals surface area (Å²) in [4.78, 5) is 0. The number of benzene rings is 1. The molecule has 0 radical (unpaired) electrons. The Morgan fingerprint density at radius 3 is 2.47 bits per heavy atom. The first-order valence-electron chi connectivity index (χ1n) is 5.07. The monoisotopic (exact) mass is 340 g/mol. The van der Waals surface area contributed by atoms with Crippen molar-refractivity contribution in [2.24, 2.45) is 0 Å². The second-order valence-corrected chi connectivity index (χ2v) is 7.67. The van der Waals surface area contributed by atoms with Crippen molar-refractivity contribution in [1.82, 2.24) is 0 Å². The van der Waals surface area contributed by atoms with Crippen molar-refractivity contribution in [3.63, 3.8) is 0 Å². The van der Waals surface area contributed by atoms with E-state index in [1.807, 2.05) is 0 Å². The molecule has 0 bridgehead atoms. The van der Waals surface area contributed by atoms with Crippen molar-refractivity contribution < 1.29 is 13.5 Å². The van der Waals surface area contributed by atoms with Gasteiger partial charge in [0.25, 0.3) is 0 Å². The summed E-state index contributed by atoms with van der Waals surface area (Å²) in [7, 11) is -3.40. The summed E-state index contributed by atoms with van der Waals surface area (Å²) in [5.74, 6) is -0.162. The Labute approximate surface area is 115 Å². The quantitative estimate of drug-likeness (QED) is 0.916. The Morgan fingerprint density at radius 2 is 2.00 bits per heavy atom. The molecule has 1 aromatic carbocycles. The summed E-state index contributed by atoms with van der Waals surface area (Å²) in [6.45, 7) is 2.96. The van der Waals surface area contributed by atoms with Crippen LogP contribution in [0, 0.1) is 0 Å². The molecule has 17 heavy (non-hydrogen) atoms. The van der Waals surface area contributed by atoms with Crippen LogP contribution in [0.5, 0.6) is 0 Å². The van der Waals surface area contributed by atoms with Crippen molar-refractivity contribution in [3.05, 3.63) is 33.3 Å². The topological polar surface area (TPSA) is 54.4 Å². The first-order valence-corrected chi connectivity index (χ1v) is 7.96. The predicted molar refractivity (Wildman–Crippen MR) is 72.9 cm³/mol. The summed E-state index contributed by atoms with van der Waals surface area (Å²) < 4.78 is 24.7. The van der Waals surface area contributed by atoms with E-state index in [1.165, 1.54) is 13.8 Å². The minimum Gasteiger partial charge on any atom is -0.392 e. The zero-order valence-corrected chi connectivity index (χ0v) is 12.7. The summed E-state index contributed by atoms with van der Waals surface area (Å²) >= 11 is 9.22. The normalized spacial score (nSPS) is 15.6. The lowest BCUT2D eigenvalue weighted by atomic mass is 10.2. The maximum atomic E-state index is 11.9. The fraction of sp³-hybridized carbons (Fsp3) is 0.455. The highest BCUT2D eigenvalue weighted by molar-refractivity contribution is 9.10. The molecule has 1 aromatic rings. The Morgan fingerprint density at radius 1 is 1.41 bits per heavy atom. The third-order valence-electron chi connectivity index (χ3n) is 2.62. The molecular formula is C11H14BrClO3S. The third kappa shape index (κ3) is 3.95. The predicted octanol–water partition coefficient (Wildman–Crippen LogP) is 2.79. The molecule has 1 N–H and O–H groups in total. The first-order chi connectivity index (χ1) is 7.74. The zero-order valence-electron chi connectivity index (χ0n) is 9.52. The molecule has 0 spiro atoms. The molecule has 1 rings (SSSR count). The lowest BCUT2D eigenvalue weighted by Gasteiger charge is -2.16. The Bertz CT molecular complexity index is 499. The number of sulfone groups is 1. The van der Waals surface area contributed by atoms with Gasteiger partial charge in [-0.2, -0.15) is 0 Å². The molecule has 0 unspecified atom stereocenters. The van der Waals surface area contributed by atoms with Gasteiger partial charge in [-0.15, -0.1) is 0 Å². The Kier molecular flexibility index (Phi) is 5.01. The van der Waals surface area contributed by atoms with Crippen LogP contribution in [-0.4, -0.2) is 24.9 Å². The van der Waals surface area contributed by atoms with Crippen LogP contribution in [0.4, 0.5) is 0 Å². The average molecular weight is 342 g/mol. The molecule has 0 saturated carbocycles. The van der Waals surface area contributed by atoms with Crippen LogP contribution in [0.1, 0.15) is 19.4 Å². The van der Waals surface area contributed by atoms with Gasteiger partial charge in [0.2, 0.25) is 0 Å². The number of aliphatic hydroxyl groups is 1. The van der Waals surface area contributed by atoms with Crippen LogP contribution in [0.3, 0.4) is 0 Å². The molecule has 2 atom stereocenters. The van der Waals surface area contributed by atoms with Gasteiger partial charge in [0.15, 0.2) is 9.84 Å². The minimum absolute atomic E-state index is 0.162. The van der Waals surface area contributed by atoms with Crippen molar-refractivity contribution in [2.45, 2.75) is 31.0 Å². The summed E-state index contributed by atoms with van der Waals surface area (Å²) in [5.41, 5.74) is 0.544. The number of hydrogen-bond acceptors (Lipinski definition) is 3. The highest BCUT2D eigenvalue weighted by atomic mass is 79.9. The van der Waals surface area contributed by atoms with Gasteiger partial charge in [0.05, 0.1) is 17.1 Å². The molecule has 3 nitrogen and oxygen atoms in total. The zero-order chi connectivity index (χ0) is 13.2. The highest BCUT2D eigenvalue weighted by Gasteiger charge is 2.26. The van der Waals surface area contributed by atoms with E-state index in [1.54, 1.807) is 18.2 Å². The number of rotatable bonds is 4. The van der Waals surface area contributed by atoms with E-state index < -0.39 is 21.2 Å². The van der Waals surface area contributed by atoms with Gasteiger partial charge in [-0.05, 0) is 31.5 Å². The molecular weight excluding hydrogens is 328 g/mol. The average Bonchev–Trinajstić information content (AvgIpc) is 2.21. The largest absolute Gasteiger partial charge is 0.392 e. The molecule has 96 valence electrons.